The van der Waals surface area contributed by atoms with Gasteiger partial charge in [0.2, 0.25) is 5.91 Å². The number of rotatable bonds is 6. The predicted octanol–water partition coefficient (Wildman–Crippen LogP) is 3.96. The van der Waals surface area contributed by atoms with Gasteiger partial charge in [-0.2, -0.15) is 5.26 Å². The molecule has 0 saturated carbocycles. The summed E-state index contributed by atoms with van der Waals surface area (Å²) in [5.74, 6) is -0.0173. The Morgan fingerprint density at radius 3 is 2.42 bits per heavy atom. The topological polar surface area (TPSA) is 52.9 Å². The summed E-state index contributed by atoms with van der Waals surface area (Å²) in [6.07, 6.45) is 2.90. The fourth-order valence-corrected chi connectivity index (χ4v) is 2.20. The second kappa shape index (κ2) is 7.58. The highest BCUT2D eigenvalue weighted by Gasteiger charge is 2.10. The molecule has 0 radical (unpaired) electrons. The van der Waals surface area contributed by atoms with Crippen molar-refractivity contribution in [3.05, 3.63) is 29.3 Å². The van der Waals surface area contributed by atoms with Crippen LogP contribution in [-0.4, -0.2) is 5.91 Å². The number of aryl methyl sites for hydroxylation is 2. The van der Waals surface area contributed by atoms with Gasteiger partial charge < -0.3 is 5.32 Å². The van der Waals surface area contributed by atoms with Gasteiger partial charge in [-0.15, -0.1) is 0 Å². The average Bonchev–Trinajstić information content (AvgIpc) is 2.33. The van der Waals surface area contributed by atoms with Crippen LogP contribution in [0.15, 0.2) is 18.2 Å². The fraction of sp³-hybridized carbons (Fsp3) is 0.500. The highest BCUT2D eigenvalue weighted by molar-refractivity contribution is 5.90. The minimum absolute atomic E-state index is 0.00463. The zero-order valence-corrected chi connectivity index (χ0v) is 12.0. The highest BCUT2D eigenvalue weighted by Crippen LogP contribution is 2.16. The summed E-state index contributed by atoms with van der Waals surface area (Å²) in [7, 11) is 0. The van der Waals surface area contributed by atoms with Gasteiger partial charge in [-0.1, -0.05) is 19.4 Å². The Bertz CT molecular complexity index is 454. The Balaban J connectivity index is 2.49. The van der Waals surface area contributed by atoms with Gasteiger partial charge in [-0.05, 0) is 49.9 Å². The van der Waals surface area contributed by atoms with E-state index in [4.69, 9.17) is 5.26 Å². The molecule has 1 aromatic carbocycles. The number of carbonyl (C=O) groups excluding carboxylic acids is 1. The Kier molecular flexibility index (Phi) is 6.08. The molecule has 19 heavy (non-hydrogen) atoms. The summed E-state index contributed by atoms with van der Waals surface area (Å²) in [6, 6.07) is 8.25. The van der Waals surface area contributed by atoms with Crippen LogP contribution in [0.2, 0.25) is 0 Å². The van der Waals surface area contributed by atoms with Gasteiger partial charge >= 0.3 is 0 Å². The minimum Gasteiger partial charge on any atom is -0.326 e. The van der Waals surface area contributed by atoms with Gasteiger partial charge in [0.15, 0.2) is 0 Å². The van der Waals surface area contributed by atoms with Crippen LogP contribution in [0.4, 0.5) is 5.69 Å². The first-order valence-corrected chi connectivity index (χ1v) is 6.83. The van der Waals surface area contributed by atoms with Gasteiger partial charge in [-0.25, -0.2) is 0 Å². The SMILES string of the molecule is CCCC(C#N)CCC(=O)Nc1cc(C)cc(C)c1. The molecule has 1 rings (SSSR count). The number of hydrogen-bond donors (Lipinski definition) is 1. The molecule has 3 nitrogen and oxygen atoms in total. The van der Waals surface area contributed by atoms with E-state index >= 15 is 0 Å². The molecule has 1 aromatic rings. The van der Waals surface area contributed by atoms with Crippen LogP contribution >= 0.6 is 0 Å². The van der Waals surface area contributed by atoms with Crippen LogP contribution < -0.4 is 5.32 Å². The van der Waals surface area contributed by atoms with E-state index in [1.54, 1.807) is 0 Å². The van der Waals surface area contributed by atoms with Crippen molar-refractivity contribution in [2.75, 3.05) is 5.32 Å². The summed E-state index contributed by atoms with van der Waals surface area (Å²) >= 11 is 0. The maximum absolute atomic E-state index is 11.8. The van der Waals surface area contributed by atoms with E-state index in [-0.39, 0.29) is 11.8 Å². The van der Waals surface area contributed by atoms with Gasteiger partial charge in [-0.3, -0.25) is 4.79 Å². The van der Waals surface area contributed by atoms with E-state index < -0.39 is 0 Å². The van der Waals surface area contributed by atoms with Crippen LogP contribution in [-0.2, 0) is 4.79 Å². The van der Waals surface area contributed by atoms with Crippen molar-refractivity contribution in [2.24, 2.45) is 5.92 Å². The van der Waals surface area contributed by atoms with Crippen LogP contribution in [0.3, 0.4) is 0 Å². The Labute approximate surface area is 115 Å². The van der Waals surface area contributed by atoms with Crippen LogP contribution in [0.5, 0.6) is 0 Å². The first kappa shape index (κ1) is 15.2. The third-order valence-electron chi connectivity index (χ3n) is 3.05. The Morgan fingerprint density at radius 2 is 1.89 bits per heavy atom. The number of nitriles is 1. The fourth-order valence-electron chi connectivity index (χ4n) is 2.20. The van der Waals surface area contributed by atoms with Crippen molar-refractivity contribution < 1.29 is 4.79 Å². The molecule has 1 amide bonds. The second-order valence-corrected chi connectivity index (χ2v) is 5.08. The molecular weight excluding hydrogens is 236 g/mol. The number of nitrogens with zero attached hydrogens (tertiary/aromatic N) is 1. The molecular formula is C16H22N2O. The summed E-state index contributed by atoms with van der Waals surface area (Å²) in [6.45, 7) is 6.07. The lowest BCUT2D eigenvalue weighted by atomic mass is 9.99. The standard InChI is InChI=1S/C16H22N2O/c1-4-5-14(11-17)6-7-16(19)18-15-9-12(2)8-13(3)10-15/h8-10,14H,4-7H2,1-3H3,(H,18,19). The lowest BCUT2D eigenvalue weighted by Crippen LogP contribution is -2.13. The lowest BCUT2D eigenvalue weighted by Gasteiger charge is -2.09. The molecule has 0 aromatic heterocycles. The van der Waals surface area contributed by atoms with Crippen molar-refractivity contribution in [1.82, 2.24) is 0 Å². The quantitative estimate of drug-likeness (QED) is 0.839. The van der Waals surface area contributed by atoms with Crippen LogP contribution in [0.25, 0.3) is 0 Å². The first-order chi connectivity index (χ1) is 9.05. The number of nitrogens with one attached hydrogen (secondary N) is 1. The molecule has 1 N–H and O–H groups in total. The Hall–Kier alpha value is -1.82. The molecule has 0 aliphatic carbocycles. The molecule has 0 fully saturated rings. The maximum Gasteiger partial charge on any atom is 0.224 e. The van der Waals surface area contributed by atoms with E-state index in [1.807, 2.05) is 26.0 Å². The zero-order valence-electron chi connectivity index (χ0n) is 12.0. The number of carbonyl (C=O) groups is 1. The molecule has 1 unspecified atom stereocenters. The van der Waals surface area contributed by atoms with E-state index in [0.29, 0.717) is 12.8 Å². The van der Waals surface area contributed by atoms with Crippen molar-refractivity contribution in [3.63, 3.8) is 0 Å². The maximum atomic E-state index is 11.8. The summed E-state index contributed by atoms with van der Waals surface area (Å²) in [5.41, 5.74) is 3.11. The second-order valence-electron chi connectivity index (χ2n) is 5.08. The molecule has 0 aliphatic rings. The van der Waals surface area contributed by atoms with Gasteiger partial charge in [0.05, 0.1) is 6.07 Å². The smallest absolute Gasteiger partial charge is 0.224 e. The average molecular weight is 258 g/mol. The van der Waals surface area contributed by atoms with E-state index in [2.05, 4.69) is 24.4 Å². The van der Waals surface area contributed by atoms with Crippen molar-refractivity contribution in [2.45, 2.75) is 46.5 Å². The number of anilines is 1. The predicted molar refractivity (Wildman–Crippen MR) is 77.8 cm³/mol. The summed E-state index contributed by atoms with van der Waals surface area (Å²) in [4.78, 5) is 11.8. The monoisotopic (exact) mass is 258 g/mol. The largest absolute Gasteiger partial charge is 0.326 e. The van der Waals surface area contributed by atoms with Gasteiger partial charge in [0, 0.05) is 18.0 Å². The molecule has 0 saturated heterocycles. The molecule has 102 valence electrons. The molecule has 1 atom stereocenters. The van der Waals surface area contributed by atoms with Crippen LogP contribution in [0, 0.1) is 31.1 Å². The number of amides is 1. The molecule has 0 spiro atoms. The molecule has 3 heteroatoms. The Morgan fingerprint density at radius 1 is 1.26 bits per heavy atom. The highest BCUT2D eigenvalue weighted by atomic mass is 16.1. The van der Waals surface area contributed by atoms with E-state index in [0.717, 1.165) is 29.7 Å². The van der Waals surface area contributed by atoms with Crippen molar-refractivity contribution >= 4 is 11.6 Å². The normalized spacial score (nSPS) is 11.7. The zero-order chi connectivity index (χ0) is 14.3. The van der Waals surface area contributed by atoms with Crippen LogP contribution in [0.1, 0.15) is 43.7 Å². The van der Waals surface area contributed by atoms with Crippen molar-refractivity contribution in [1.29, 1.82) is 5.26 Å². The third-order valence-corrected chi connectivity index (χ3v) is 3.05. The first-order valence-electron chi connectivity index (χ1n) is 6.83. The van der Waals surface area contributed by atoms with E-state index in [1.165, 1.54) is 0 Å². The summed E-state index contributed by atoms with van der Waals surface area (Å²) < 4.78 is 0. The molecule has 0 bridgehead atoms. The molecule has 0 heterocycles. The third kappa shape index (κ3) is 5.56. The number of benzene rings is 1. The lowest BCUT2D eigenvalue weighted by molar-refractivity contribution is -0.116. The van der Waals surface area contributed by atoms with Gasteiger partial charge in [0.25, 0.3) is 0 Å². The van der Waals surface area contributed by atoms with E-state index in [9.17, 15) is 4.79 Å². The van der Waals surface area contributed by atoms with Gasteiger partial charge in [0.1, 0.15) is 0 Å². The summed E-state index contributed by atoms with van der Waals surface area (Å²) in [5, 5.41) is 11.8. The van der Waals surface area contributed by atoms with Crippen molar-refractivity contribution in [3.8, 4) is 6.07 Å². The number of hydrogen-bond acceptors (Lipinski definition) is 2. The minimum atomic E-state index is -0.0126. The molecule has 0 aliphatic heterocycles.